The van der Waals surface area contributed by atoms with Crippen molar-refractivity contribution in [1.82, 2.24) is 15.0 Å². The number of halogens is 4. The van der Waals surface area contributed by atoms with E-state index in [1.165, 1.54) is 24.3 Å². The summed E-state index contributed by atoms with van der Waals surface area (Å²) in [5, 5.41) is 3.85. The second-order valence-electron chi connectivity index (χ2n) is 6.89. The van der Waals surface area contributed by atoms with Gasteiger partial charge in [0, 0.05) is 18.7 Å². The molecule has 1 aliphatic rings. The molecular formula is C20H17F4N3O. The Balaban J connectivity index is 1.45. The van der Waals surface area contributed by atoms with Crippen molar-refractivity contribution in [1.29, 1.82) is 0 Å². The Kier molecular flexibility index (Phi) is 4.89. The van der Waals surface area contributed by atoms with E-state index >= 15 is 0 Å². The number of benzene rings is 2. The number of hydrogen-bond donors (Lipinski definition) is 0. The summed E-state index contributed by atoms with van der Waals surface area (Å²) >= 11 is 0. The molecule has 2 heterocycles. The maximum absolute atomic E-state index is 13.3. The van der Waals surface area contributed by atoms with Gasteiger partial charge in [-0.25, -0.2) is 4.39 Å². The summed E-state index contributed by atoms with van der Waals surface area (Å²) < 4.78 is 57.3. The predicted octanol–water partition coefficient (Wildman–Crippen LogP) is 4.88. The number of rotatable bonds is 4. The van der Waals surface area contributed by atoms with Crippen LogP contribution >= 0.6 is 0 Å². The van der Waals surface area contributed by atoms with Crippen LogP contribution in [0, 0.1) is 5.82 Å². The molecule has 0 N–H and O–H groups in total. The van der Waals surface area contributed by atoms with Crippen LogP contribution in [-0.4, -0.2) is 28.1 Å². The van der Waals surface area contributed by atoms with Gasteiger partial charge >= 0.3 is 6.18 Å². The van der Waals surface area contributed by atoms with E-state index < -0.39 is 11.7 Å². The Morgan fingerprint density at radius 1 is 1.11 bits per heavy atom. The van der Waals surface area contributed by atoms with Gasteiger partial charge in [0.25, 0.3) is 0 Å². The van der Waals surface area contributed by atoms with E-state index in [9.17, 15) is 17.6 Å². The topological polar surface area (TPSA) is 42.2 Å². The Morgan fingerprint density at radius 2 is 1.93 bits per heavy atom. The first-order valence-electron chi connectivity index (χ1n) is 8.86. The third-order valence-corrected chi connectivity index (χ3v) is 4.81. The zero-order valence-corrected chi connectivity index (χ0v) is 14.8. The second-order valence-corrected chi connectivity index (χ2v) is 6.89. The zero-order valence-electron chi connectivity index (χ0n) is 14.8. The van der Waals surface area contributed by atoms with Crippen LogP contribution in [0.5, 0.6) is 0 Å². The Bertz CT molecular complexity index is 970. The van der Waals surface area contributed by atoms with E-state index in [-0.39, 0.29) is 23.1 Å². The zero-order chi connectivity index (χ0) is 19.7. The maximum Gasteiger partial charge on any atom is 0.416 e. The van der Waals surface area contributed by atoms with Crippen molar-refractivity contribution in [2.45, 2.75) is 25.1 Å². The van der Waals surface area contributed by atoms with Gasteiger partial charge in [0.2, 0.25) is 11.7 Å². The first-order chi connectivity index (χ1) is 13.4. The molecule has 0 aliphatic carbocycles. The third kappa shape index (κ3) is 4.06. The molecule has 1 fully saturated rings. The molecule has 1 unspecified atom stereocenters. The minimum atomic E-state index is -4.43. The molecule has 4 rings (SSSR count). The molecule has 0 bridgehead atoms. The molecule has 0 radical (unpaired) electrons. The van der Waals surface area contributed by atoms with Crippen molar-refractivity contribution < 1.29 is 22.1 Å². The second kappa shape index (κ2) is 7.35. The number of hydrogen-bond acceptors (Lipinski definition) is 4. The Labute approximate surface area is 158 Å². The molecule has 8 heteroatoms. The molecule has 1 aromatic heterocycles. The highest BCUT2D eigenvalue weighted by molar-refractivity contribution is 5.55. The van der Waals surface area contributed by atoms with Gasteiger partial charge in [-0.15, -0.1) is 0 Å². The molecule has 1 aliphatic heterocycles. The molecule has 4 nitrogen and oxygen atoms in total. The minimum Gasteiger partial charge on any atom is -0.339 e. The molecule has 28 heavy (non-hydrogen) atoms. The van der Waals surface area contributed by atoms with E-state index in [0.29, 0.717) is 19.0 Å². The summed E-state index contributed by atoms with van der Waals surface area (Å²) in [6, 6.07) is 11.3. The Morgan fingerprint density at radius 3 is 2.71 bits per heavy atom. The van der Waals surface area contributed by atoms with Gasteiger partial charge in [0.05, 0.1) is 11.5 Å². The summed E-state index contributed by atoms with van der Waals surface area (Å²) in [7, 11) is 0. The van der Waals surface area contributed by atoms with Crippen LogP contribution in [0.25, 0.3) is 11.4 Å². The average Bonchev–Trinajstić information content (AvgIpc) is 3.30. The van der Waals surface area contributed by atoms with Gasteiger partial charge in [0.15, 0.2) is 0 Å². The van der Waals surface area contributed by atoms with Crippen molar-refractivity contribution in [3.05, 3.63) is 71.4 Å². The van der Waals surface area contributed by atoms with Crippen molar-refractivity contribution in [3.63, 3.8) is 0 Å². The van der Waals surface area contributed by atoms with Crippen LogP contribution in [0.1, 0.15) is 29.4 Å². The fourth-order valence-corrected chi connectivity index (χ4v) is 3.42. The number of alkyl halides is 3. The highest BCUT2D eigenvalue weighted by Gasteiger charge is 2.31. The first-order valence-corrected chi connectivity index (χ1v) is 8.86. The van der Waals surface area contributed by atoms with Gasteiger partial charge in [-0.2, -0.15) is 18.2 Å². The van der Waals surface area contributed by atoms with Crippen LogP contribution < -0.4 is 0 Å². The maximum atomic E-state index is 13.3. The smallest absolute Gasteiger partial charge is 0.339 e. The fraction of sp³-hybridized carbons (Fsp3) is 0.300. The number of nitrogens with zero attached hydrogens (tertiary/aromatic N) is 3. The molecule has 1 atom stereocenters. The van der Waals surface area contributed by atoms with Crippen LogP contribution in [0.15, 0.2) is 53.1 Å². The van der Waals surface area contributed by atoms with Crippen LogP contribution in [0.3, 0.4) is 0 Å². The summed E-state index contributed by atoms with van der Waals surface area (Å²) in [4.78, 5) is 6.47. The molecule has 1 saturated heterocycles. The third-order valence-electron chi connectivity index (χ3n) is 4.81. The highest BCUT2D eigenvalue weighted by Crippen LogP contribution is 2.33. The highest BCUT2D eigenvalue weighted by atomic mass is 19.4. The lowest BCUT2D eigenvalue weighted by Crippen LogP contribution is -2.19. The fourth-order valence-electron chi connectivity index (χ4n) is 3.42. The quantitative estimate of drug-likeness (QED) is 0.595. The SMILES string of the molecule is Fc1cccc(CN2CCC(c3nc(-c4cccc(C(F)(F)F)c4)no3)C2)c1. The van der Waals surface area contributed by atoms with Crippen molar-refractivity contribution in [2.24, 2.45) is 0 Å². The summed E-state index contributed by atoms with van der Waals surface area (Å²) in [6.07, 6.45) is -3.63. The van der Waals surface area contributed by atoms with Crippen LogP contribution in [0.2, 0.25) is 0 Å². The molecule has 0 saturated carbocycles. The molecule has 146 valence electrons. The van der Waals surface area contributed by atoms with Gasteiger partial charge in [-0.3, -0.25) is 4.90 Å². The van der Waals surface area contributed by atoms with Gasteiger partial charge < -0.3 is 4.52 Å². The van der Waals surface area contributed by atoms with E-state index in [1.807, 2.05) is 6.07 Å². The molecule has 0 amide bonds. The summed E-state index contributed by atoms with van der Waals surface area (Å²) in [5.41, 5.74) is 0.397. The van der Waals surface area contributed by atoms with Gasteiger partial charge in [-0.1, -0.05) is 29.4 Å². The van der Waals surface area contributed by atoms with Crippen LogP contribution in [0.4, 0.5) is 17.6 Å². The molecule has 3 aromatic rings. The van der Waals surface area contributed by atoms with Gasteiger partial charge in [0.1, 0.15) is 5.82 Å². The van der Waals surface area contributed by atoms with E-state index in [0.717, 1.165) is 30.7 Å². The predicted molar refractivity (Wildman–Crippen MR) is 93.8 cm³/mol. The largest absolute Gasteiger partial charge is 0.416 e. The normalized spacial score (nSPS) is 17.9. The van der Waals surface area contributed by atoms with E-state index in [4.69, 9.17) is 4.52 Å². The lowest BCUT2D eigenvalue weighted by atomic mass is 10.1. The summed E-state index contributed by atoms with van der Waals surface area (Å²) in [5.74, 6) is 0.287. The number of aromatic nitrogens is 2. The molecule has 2 aromatic carbocycles. The average molecular weight is 391 g/mol. The van der Waals surface area contributed by atoms with Crippen molar-refractivity contribution in [2.75, 3.05) is 13.1 Å². The van der Waals surface area contributed by atoms with Crippen molar-refractivity contribution in [3.8, 4) is 11.4 Å². The van der Waals surface area contributed by atoms with Gasteiger partial charge in [-0.05, 0) is 42.8 Å². The van der Waals surface area contributed by atoms with E-state index in [2.05, 4.69) is 15.0 Å². The lowest BCUT2D eigenvalue weighted by Gasteiger charge is -2.15. The standard InChI is InChI=1S/C20H17F4N3O/c21-17-6-1-3-13(9-17)11-27-8-7-15(12-27)19-25-18(26-28-19)14-4-2-5-16(10-14)20(22,23)24/h1-6,9-10,15H,7-8,11-12H2. The molecule has 0 spiro atoms. The summed E-state index contributed by atoms with van der Waals surface area (Å²) in [6.45, 7) is 2.08. The lowest BCUT2D eigenvalue weighted by molar-refractivity contribution is -0.137. The monoisotopic (exact) mass is 391 g/mol. The molecular weight excluding hydrogens is 374 g/mol. The van der Waals surface area contributed by atoms with Crippen LogP contribution in [-0.2, 0) is 12.7 Å². The first kappa shape index (κ1) is 18.6. The number of likely N-dealkylation sites (tertiary alicyclic amines) is 1. The van der Waals surface area contributed by atoms with E-state index in [1.54, 1.807) is 6.07 Å². The Hall–Kier alpha value is -2.74. The minimum absolute atomic E-state index is 0.000563. The van der Waals surface area contributed by atoms with Crippen molar-refractivity contribution >= 4 is 0 Å².